The Hall–Kier alpha value is 0.275. The van der Waals surface area contributed by atoms with Crippen molar-refractivity contribution in [2.75, 3.05) is 0 Å². The van der Waals surface area contributed by atoms with Crippen molar-refractivity contribution >= 4 is 25.7 Å². The molecule has 0 fully saturated rings. The van der Waals surface area contributed by atoms with Crippen LogP contribution in [0.3, 0.4) is 0 Å². The monoisotopic (exact) mass is 182 g/mol. The molecule has 1 unspecified atom stereocenters. The minimum Gasteiger partial charge on any atom is -0.418 e. The second kappa shape index (κ2) is 5.09. The lowest BCUT2D eigenvalue weighted by molar-refractivity contribution is -0.332. The van der Waals surface area contributed by atoms with Gasteiger partial charge in [0.2, 0.25) is 9.03 Å². The lowest BCUT2D eigenvalue weighted by atomic mass is 10.3. The highest BCUT2D eigenvalue weighted by Gasteiger charge is 2.20. The summed E-state index contributed by atoms with van der Waals surface area (Å²) >= 11 is 0. The van der Waals surface area contributed by atoms with E-state index in [1.807, 2.05) is 0 Å². The van der Waals surface area contributed by atoms with E-state index in [4.69, 9.17) is 5.84 Å². The van der Waals surface area contributed by atoms with Gasteiger partial charge in [-0.1, -0.05) is 0 Å². The van der Waals surface area contributed by atoms with Crippen LogP contribution in [0.2, 0.25) is 0 Å². The highest BCUT2D eigenvalue weighted by Crippen LogP contribution is 2.06. The third kappa shape index (κ3) is 4310. The molecule has 2 N–H and O–H groups in total. The van der Waals surface area contributed by atoms with E-state index in [0.717, 1.165) is 0 Å². The van der Waals surface area contributed by atoms with E-state index in [-0.39, 0.29) is 0 Å². The first kappa shape index (κ1) is 12.0. The van der Waals surface area contributed by atoms with Crippen molar-refractivity contribution in [1.29, 1.82) is 0 Å². The van der Waals surface area contributed by atoms with Gasteiger partial charge < -0.3 is 17.3 Å². The number of halogens is 4. The molecule has 0 rings (SSSR count). The molecule has 56 valence electrons. The molecule has 2 nitrogen and oxygen atoms in total. The van der Waals surface area contributed by atoms with Gasteiger partial charge in [0.05, 0.1) is 0 Å². The summed E-state index contributed by atoms with van der Waals surface area (Å²) in [7, 11) is -0.932. The molecule has 0 aromatic rings. The molecule has 9 heteroatoms. The Morgan fingerprint density at radius 3 is 1.33 bits per heavy atom. The van der Waals surface area contributed by atoms with Gasteiger partial charge in [-0.25, -0.2) is 0 Å². The molecule has 0 saturated carbocycles. The van der Waals surface area contributed by atoms with Crippen molar-refractivity contribution < 1.29 is 21.5 Å². The molecule has 0 aliphatic heterocycles. The van der Waals surface area contributed by atoms with Crippen LogP contribution >= 0.6 is 18.4 Å². The molecule has 0 aromatic carbocycles. The Bertz CT molecular complexity index is 79.1. The Labute approximate surface area is 54.0 Å². The van der Waals surface area contributed by atoms with Crippen molar-refractivity contribution in [2.45, 2.75) is 0 Å². The van der Waals surface area contributed by atoms with Crippen LogP contribution in [-0.4, -0.2) is 11.5 Å². The molecule has 0 aliphatic carbocycles. The summed E-state index contributed by atoms with van der Waals surface area (Å²) in [5.41, 5.74) is 0. The smallest absolute Gasteiger partial charge is 0.418 e. The molecule has 0 saturated heterocycles. The molecular formula is H5BF4N2P2. The van der Waals surface area contributed by atoms with Crippen molar-refractivity contribution in [1.82, 2.24) is 0 Å². The van der Waals surface area contributed by atoms with E-state index < -0.39 is 7.25 Å². The van der Waals surface area contributed by atoms with E-state index in [9.17, 15) is 17.3 Å². The Morgan fingerprint density at radius 2 is 1.33 bits per heavy atom. The number of rotatable bonds is 0. The van der Waals surface area contributed by atoms with Crippen LogP contribution in [0.5, 0.6) is 0 Å². The molecule has 9 heavy (non-hydrogen) atoms. The lowest BCUT2D eigenvalue weighted by Gasteiger charge is -1.94. The largest absolute Gasteiger partial charge is 0.673 e. The van der Waals surface area contributed by atoms with Crippen LogP contribution in [-0.2, 0) is 0 Å². The fourth-order valence-electron chi connectivity index (χ4n) is 0. The van der Waals surface area contributed by atoms with Gasteiger partial charge in [-0.3, -0.25) is 0 Å². The third-order valence-electron chi connectivity index (χ3n) is 0. The summed E-state index contributed by atoms with van der Waals surface area (Å²) in [6, 6.07) is 0. The summed E-state index contributed by atoms with van der Waals surface area (Å²) in [4.78, 5) is 0. The fourth-order valence-corrected chi connectivity index (χ4v) is 0. The second-order valence-electron chi connectivity index (χ2n) is 0.902. The Kier molecular flexibility index (Phi) is 6.79. The van der Waals surface area contributed by atoms with Gasteiger partial charge in [-0.2, -0.15) is 0 Å². The number of hydrazine groups is 1. The van der Waals surface area contributed by atoms with E-state index in [2.05, 4.69) is 18.4 Å². The SMILES string of the molecule is F[B-](F)(F)F.N[N+](=P)P. The van der Waals surface area contributed by atoms with Gasteiger partial charge >= 0.3 is 7.25 Å². The summed E-state index contributed by atoms with van der Waals surface area (Å²) in [5, 5.41) is 0. The van der Waals surface area contributed by atoms with Crippen molar-refractivity contribution in [2.24, 2.45) is 5.84 Å². The highest BCUT2D eigenvalue weighted by molar-refractivity contribution is 7.15. The summed E-state index contributed by atoms with van der Waals surface area (Å²) in [6.07, 6.45) is 0. The zero-order valence-corrected chi connectivity index (χ0v) is 6.35. The molecular weight excluding hydrogens is 177 g/mol. The number of hydrogen-bond acceptors (Lipinski definition) is 0. The summed E-state index contributed by atoms with van der Waals surface area (Å²) in [6.45, 7) is 0. The van der Waals surface area contributed by atoms with Gasteiger partial charge in [0.25, 0.3) is 0 Å². The minimum absolute atomic E-state index is 1.22. The lowest BCUT2D eigenvalue weighted by Crippen LogP contribution is -2.02. The predicted molar refractivity (Wildman–Crippen MR) is 32.7 cm³/mol. The van der Waals surface area contributed by atoms with Crippen molar-refractivity contribution in [3.63, 3.8) is 0 Å². The molecule has 0 aromatic heterocycles. The summed E-state index contributed by atoms with van der Waals surface area (Å²) < 4.78 is 40.2. The topological polar surface area (TPSA) is 29.0 Å². The van der Waals surface area contributed by atoms with Crippen LogP contribution in [0.4, 0.5) is 17.3 Å². The van der Waals surface area contributed by atoms with E-state index in [0.29, 0.717) is 0 Å². The van der Waals surface area contributed by atoms with Gasteiger partial charge in [0.1, 0.15) is 0 Å². The number of nitrogens with zero attached hydrogens (tertiary/aromatic N) is 1. The van der Waals surface area contributed by atoms with Crippen LogP contribution in [0.15, 0.2) is 0 Å². The van der Waals surface area contributed by atoms with Crippen molar-refractivity contribution in [3.05, 3.63) is 0 Å². The maximum absolute atomic E-state index is 9.75. The quantitative estimate of drug-likeness (QED) is 0.197. The van der Waals surface area contributed by atoms with Gasteiger partial charge in [-0.05, 0) is 0 Å². The fraction of sp³-hybridized carbons (Fsp3) is 0. The van der Waals surface area contributed by atoms with Crippen molar-refractivity contribution in [3.8, 4) is 0 Å². The number of nitrogens with two attached hydrogens (primary N) is 1. The maximum atomic E-state index is 9.75. The predicted octanol–water partition coefficient (Wildman–Crippen LogP) is 1.29. The minimum atomic E-state index is -6.00. The first-order valence-corrected chi connectivity index (χ1v) is 2.58. The van der Waals surface area contributed by atoms with Gasteiger partial charge in [-0.15, -0.1) is 10.1 Å². The molecule has 0 radical (unpaired) electrons. The molecule has 1 atom stereocenters. The summed E-state index contributed by atoms with van der Waals surface area (Å²) in [5.74, 6) is 4.82. The second-order valence-corrected chi connectivity index (χ2v) is 2.49. The highest BCUT2D eigenvalue weighted by atomic mass is 31.1. The molecule has 0 spiro atoms. The van der Waals surface area contributed by atoms with E-state index >= 15 is 0 Å². The molecule has 0 aliphatic rings. The van der Waals surface area contributed by atoms with Crippen LogP contribution in [0.1, 0.15) is 0 Å². The maximum Gasteiger partial charge on any atom is 0.673 e. The van der Waals surface area contributed by atoms with Gasteiger partial charge in [0.15, 0.2) is 9.39 Å². The Balaban J connectivity index is 0. The number of hydrogen-bond donors (Lipinski definition) is 1. The van der Waals surface area contributed by atoms with Crippen LogP contribution in [0, 0.1) is 0 Å². The average Bonchev–Trinajstić information content (AvgIpc) is 1.19. The molecule has 0 heterocycles. The zero-order chi connectivity index (χ0) is 8.08. The molecule has 0 amide bonds. The standard InChI is InChI=1S/BF4.H5N2P2/c2-1(3,4)5;1-2(3)4/h;3H,1,4H2/q-1;+1. The zero-order valence-electron chi connectivity index (χ0n) is 4.19. The van der Waals surface area contributed by atoms with Crippen LogP contribution < -0.4 is 5.84 Å². The first-order valence-electron chi connectivity index (χ1n) is 1.61. The van der Waals surface area contributed by atoms with Crippen LogP contribution in [0.25, 0.3) is 0 Å². The van der Waals surface area contributed by atoms with E-state index in [1.54, 1.807) is 0 Å². The van der Waals surface area contributed by atoms with Gasteiger partial charge in [0, 0.05) is 0 Å². The molecule has 0 bridgehead atoms. The van der Waals surface area contributed by atoms with E-state index in [1.165, 1.54) is 4.21 Å². The Morgan fingerprint density at radius 1 is 1.33 bits per heavy atom. The average molecular weight is 182 g/mol. The third-order valence-corrected chi connectivity index (χ3v) is 0. The normalized spacial score (nSPS) is 9.56. The first-order chi connectivity index (χ1) is 3.73.